The SMILES string of the molecule is CCC1O[C@H](OC2O[C@H]3CC(C)[C@@H](O[C@@H]4C(NC(=O)OCc5ccccc5)O[C@@H](NC(=O)OCc5ccccc5)C(OC(=O)c5ccccc5)[C@H]4N=[N+]=[N-])OC3C3OC(=O)N(C)C23)C(C)[C@@H](C)[C@@H]1C. The minimum atomic E-state index is -1.60. The number of nitrogens with one attached hydrogen (secondary N) is 2. The van der Waals surface area contributed by atoms with Crippen LogP contribution in [0.5, 0.6) is 0 Å². The number of esters is 1. The number of alkyl carbamates (subject to hydrolysis) is 2. The Kier molecular flexibility index (Phi) is 15.9. The first-order chi connectivity index (χ1) is 33.3. The monoisotopic (exact) mass is 956 g/mol. The molecule has 0 spiro atoms. The zero-order valence-corrected chi connectivity index (χ0v) is 39.3. The van der Waals surface area contributed by atoms with Gasteiger partial charge in [-0.15, -0.1) is 0 Å². The number of nitrogens with zero attached hydrogens (tertiary/aromatic N) is 4. The predicted molar refractivity (Wildman–Crippen MR) is 242 cm³/mol. The van der Waals surface area contributed by atoms with Crippen LogP contribution in [0.15, 0.2) is 96.1 Å². The molecule has 0 bridgehead atoms. The van der Waals surface area contributed by atoms with E-state index in [1.54, 1.807) is 73.8 Å². The molecule has 5 aliphatic heterocycles. The summed E-state index contributed by atoms with van der Waals surface area (Å²) in [5.41, 5.74) is 11.6. The number of azide groups is 1. The molecule has 0 aliphatic carbocycles. The van der Waals surface area contributed by atoms with Crippen molar-refractivity contribution < 1.29 is 66.5 Å². The molecule has 69 heavy (non-hydrogen) atoms. The van der Waals surface area contributed by atoms with Crippen LogP contribution in [0.25, 0.3) is 10.4 Å². The summed E-state index contributed by atoms with van der Waals surface area (Å²) in [5.74, 6) is -0.690. The molecule has 5 aliphatic rings. The summed E-state index contributed by atoms with van der Waals surface area (Å²) in [6.45, 7) is 10.1. The van der Waals surface area contributed by atoms with Crippen molar-refractivity contribution in [1.29, 1.82) is 0 Å². The molecule has 20 nitrogen and oxygen atoms in total. The second kappa shape index (κ2) is 22.2. The van der Waals surface area contributed by atoms with Crippen LogP contribution in [0.4, 0.5) is 14.4 Å². The van der Waals surface area contributed by atoms with E-state index in [0.29, 0.717) is 29.4 Å². The van der Waals surface area contributed by atoms with Gasteiger partial charge in [-0.2, -0.15) is 0 Å². The van der Waals surface area contributed by atoms with Gasteiger partial charge in [0.2, 0.25) is 0 Å². The highest BCUT2D eigenvalue weighted by molar-refractivity contribution is 5.89. The van der Waals surface area contributed by atoms with Gasteiger partial charge < -0.3 is 47.4 Å². The lowest BCUT2D eigenvalue weighted by Crippen LogP contribution is -2.69. The van der Waals surface area contributed by atoms with E-state index in [4.69, 9.17) is 47.4 Å². The van der Waals surface area contributed by atoms with E-state index in [0.717, 1.165) is 6.42 Å². The highest BCUT2D eigenvalue weighted by atomic mass is 16.8. The fourth-order valence-electron chi connectivity index (χ4n) is 9.64. The van der Waals surface area contributed by atoms with E-state index in [9.17, 15) is 24.7 Å². The Hall–Kier alpha value is -5.99. The standard InChI is InChI=1S/C49H60N6O14/c1-7-33-28(4)27(3)29(5)45(62-33)69-46-36-40(67-49(59)55(36)6)37-34(63-46)23-26(2)44(65-37)66-39-35(53-54-50)38(64-43(56)32-21-15-10-16-22-32)41(51-47(57)60-24-30-17-11-8-12-18-30)68-42(39)52-48(58)61-25-31-19-13-9-14-20-31/h8-22,26-29,33-42,44-46H,7,23-25H2,1-6H3,(H,51,57)(H,52,58)/t26?,27-,28-,29?,33?,34-,35+,36?,37?,38?,39-,40?,41+,42?,44+,45+,46?/m0/s1. The molecule has 370 valence electrons. The smallest absolute Gasteiger partial charge is 0.410 e. The third-order valence-electron chi connectivity index (χ3n) is 13.8. The van der Waals surface area contributed by atoms with Crippen molar-refractivity contribution in [1.82, 2.24) is 15.5 Å². The molecule has 3 aromatic rings. The molecule has 3 amide bonds. The summed E-state index contributed by atoms with van der Waals surface area (Å²) in [7, 11) is 1.60. The second-order valence-electron chi connectivity index (χ2n) is 18.3. The van der Waals surface area contributed by atoms with Crippen molar-refractivity contribution in [2.45, 2.75) is 141 Å². The van der Waals surface area contributed by atoms with Crippen LogP contribution in [-0.4, -0.2) is 116 Å². The van der Waals surface area contributed by atoms with Crippen molar-refractivity contribution in [2.75, 3.05) is 7.05 Å². The van der Waals surface area contributed by atoms with Gasteiger partial charge in [-0.05, 0) is 53.5 Å². The average Bonchev–Trinajstić information content (AvgIpc) is 3.66. The van der Waals surface area contributed by atoms with Gasteiger partial charge in [0.15, 0.2) is 43.5 Å². The molecule has 5 saturated heterocycles. The van der Waals surface area contributed by atoms with Crippen molar-refractivity contribution in [3.05, 3.63) is 118 Å². The number of rotatable bonds is 14. The number of hydrogen-bond acceptors (Lipinski definition) is 15. The van der Waals surface area contributed by atoms with E-state index < -0.39 is 104 Å². The van der Waals surface area contributed by atoms with E-state index in [-0.39, 0.29) is 30.8 Å². The fraction of sp³-hybridized carbons (Fsp3) is 0.551. The molecular weight excluding hydrogens is 897 g/mol. The van der Waals surface area contributed by atoms with Crippen molar-refractivity contribution in [3.8, 4) is 0 Å². The number of ether oxygens (including phenoxy) is 10. The third kappa shape index (κ3) is 11.2. The molecule has 2 N–H and O–H groups in total. The maximum Gasteiger partial charge on any atom is 0.410 e. The largest absolute Gasteiger partial charge is 0.453 e. The summed E-state index contributed by atoms with van der Waals surface area (Å²) >= 11 is 0. The van der Waals surface area contributed by atoms with Gasteiger partial charge in [0.1, 0.15) is 37.5 Å². The molecule has 5 fully saturated rings. The zero-order chi connectivity index (χ0) is 48.8. The number of hydrogen-bond donors (Lipinski definition) is 2. The van der Waals surface area contributed by atoms with E-state index in [1.165, 1.54) is 17.0 Å². The first-order valence-corrected chi connectivity index (χ1v) is 23.4. The van der Waals surface area contributed by atoms with Crippen LogP contribution in [0.3, 0.4) is 0 Å². The minimum absolute atomic E-state index is 0.0218. The number of benzene rings is 3. The van der Waals surface area contributed by atoms with Crippen LogP contribution in [0.2, 0.25) is 0 Å². The molecular formula is C49H60N6O14. The van der Waals surface area contributed by atoms with E-state index in [2.05, 4.69) is 48.4 Å². The van der Waals surface area contributed by atoms with Crippen LogP contribution in [0, 0.1) is 23.7 Å². The Morgan fingerprint density at radius 2 is 1.32 bits per heavy atom. The lowest BCUT2D eigenvalue weighted by Gasteiger charge is -2.51. The van der Waals surface area contributed by atoms with Gasteiger partial charge in [0.25, 0.3) is 0 Å². The molecule has 5 heterocycles. The van der Waals surface area contributed by atoms with Gasteiger partial charge in [0.05, 0.1) is 17.8 Å². The first-order valence-electron chi connectivity index (χ1n) is 23.4. The number of likely N-dealkylation sites (N-methyl/N-ethyl adjacent to an activating group) is 1. The highest BCUT2D eigenvalue weighted by Crippen LogP contribution is 2.44. The minimum Gasteiger partial charge on any atom is -0.453 e. The predicted octanol–water partition coefficient (Wildman–Crippen LogP) is 7.17. The van der Waals surface area contributed by atoms with Gasteiger partial charge in [0, 0.05) is 23.8 Å². The number of carbonyl (C=O) groups excluding carboxylic acids is 4. The van der Waals surface area contributed by atoms with Gasteiger partial charge >= 0.3 is 24.2 Å². The van der Waals surface area contributed by atoms with Gasteiger partial charge in [-0.25, -0.2) is 19.2 Å². The van der Waals surface area contributed by atoms with Crippen molar-refractivity contribution in [3.63, 3.8) is 0 Å². The maximum atomic E-state index is 13.8. The summed E-state index contributed by atoms with van der Waals surface area (Å²) < 4.78 is 62.7. The normalized spacial score (nSPS) is 35.0. The quantitative estimate of drug-likeness (QED) is 0.0536. The molecule has 8 rings (SSSR count). The molecule has 9 unspecified atom stereocenters. The van der Waals surface area contributed by atoms with Gasteiger partial charge in [-0.3, -0.25) is 15.5 Å². The Morgan fingerprint density at radius 3 is 1.91 bits per heavy atom. The summed E-state index contributed by atoms with van der Waals surface area (Å²) in [6, 6.07) is 23.7. The molecule has 0 saturated carbocycles. The van der Waals surface area contributed by atoms with E-state index >= 15 is 0 Å². The lowest BCUT2D eigenvalue weighted by atomic mass is 9.78. The number of amides is 3. The Morgan fingerprint density at radius 1 is 0.725 bits per heavy atom. The van der Waals surface area contributed by atoms with Crippen LogP contribution in [0.1, 0.15) is 68.9 Å². The topological polar surface area (TPSA) is 237 Å². The zero-order valence-electron chi connectivity index (χ0n) is 39.3. The number of fused-ring (bicyclic) bond motifs is 3. The molecule has 17 atom stereocenters. The van der Waals surface area contributed by atoms with Gasteiger partial charge in [-0.1, -0.05) is 119 Å². The molecule has 3 aromatic carbocycles. The third-order valence-corrected chi connectivity index (χ3v) is 13.8. The van der Waals surface area contributed by atoms with E-state index in [1.807, 2.05) is 19.1 Å². The average molecular weight is 957 g/mol. The van der Waals surface area contributed by atoms with Crippen LogP contribution in [-0.2, 0) is 60.6 Å². The van der Waals surface area contributed by atoms with Crippen molar-refractivity contribution >= 4 is 24.2 Å². The highest BCUT2D eigenvalue weighted by Gasteiger charge is 2.61. The first kappa shape index (κ1) is 49.4. The summed E-state index contributed by atoms with van der Waals surface area (Å²) in [5, 5.41) is 9.30. The van der Waals surface area contributed by atoms with Crippen LogP contribution < -0.4 is 10.6 Å². The molecule has 20 heteroatoms. The maximum absolute atomic E-state index is 13.8. The number of carbonyl (C=O) groups is 4. The Bertz CT molecular complexity index is 2280. The molecule has 0 radical (unpaired) electrons. The lowest BCUT2D eigenvalue weighted by molar-refractivity contribution is -0.371. The fourth-order valence-corrected chi connectivity index (χ4v) is 9.64. The van der Waals surface area contributed by atoms with Crippen molar-refractivity contribution in [2.24, 2.45) is 28.8 Å². The van der Waals surface area contributed by atoms with Crippen LogP contribution >= 0.6 is 0 Å². The summed E-state index contributed by atoms with van der Waals surface area (Å²) in [6.07, 6.45) is -12.8. The Balaban J connectivity index is 1.07. The molecule has 0 aromatic heterocycles. The second-order valence-corrected chi connectivity index (χ2v) is 18.3. The Labute approximate surface area is 400 Å². The summed E-state index contributed by atoms with van der Waals surface area (Å²) in [4.78, 5) is 58.7.